The lowest BCUT2D eigenvalue weighted by Gasteiger charge is -2.36. The van der Waals surface area contributed by atoms with E-state index in [4.69, 9.17) is 4.74 Å². The number of ether oxygens (including phenoxy) is 1. The van der Waals surface area contributed by atoms with Crippen LogP contribution in [0.5, 0.6) is 5.75 Å². The van der Waals surface area contributed by atoms with Crippen LogP contribution < -0.4 is 10.1 Å². The number of aryl methyl sites for hydroxylation is 2. The number of carbonyl (C=O) groups excluding carboxylic acids is 1. The summed E-state index contributed by atoms with van der Waals surface area (Å²) in [6.45, 7) is 3.06. The van der Waals surface area contributed by atoms with Gasteiger partial charge in [0, 0.05) is 38.1 Å². The standard InChI is InChI=1S/C21H28N4O2/c26-21(22-16-17-7-8-20-18(15-17)5-3-14-27-20)25-12-2-1-6-19(25)9-13-24-11-4-10-23-24/h4,7-8,10-11,15,19H,1-3,5-6,9,12-14,16H2,(H,22,26)/t19-/m0/s1. The number of hydrogen-bond acceptors (Lipinski definition) is 3. The highest BCUT2D eigenvalue weighted by molar-refractivity contribution is 5.74. The molecule has 0 unspecified atom stereocenters. The molecule has 0 saturated carbocycles. The average Bonchev–Trinajstić information content (AvgIpc) is 3.24. The van der Waals surface area contributed by atoms with Crippen LogP contribution in [0.2, 0.25) is 0 Å². The third kappa shape index (κ3) is 4.43. The van der Waals surface area contributed by atoms with Gasteiger partial charge in [0.25, 0.3) is 0 Å². The second-order valence-electron chi connectivity index (χ2n) is 7.45. The Morgan fingerprint density at radius 2 is 2.26 bits per heavy atom. The third-order valence-electron chi connectivity index (χ3n) is 5.56. The number of nitrogens with one attached hydrogen (secondary N) is 1. The Morgan fingerprint density at radius 3 is 3.15 bits per heavy atom. The molecule has 1 atom stereocenters. The molecular formula is C21H28N4O2. The Labute approximate surface area is 160 Å². The Morgan fingerprint density at radius 1 is 1.30 bits per heavy atom. The van der Waals surface area contributed by atoms with E-state index < -0.39 is 0 Å². The lowest BCUT2D eigenvalue weighted by atomic mass is 9.99. The number of benzene rings is 1. The van der Waals surface area contributed by atoms with Crippen molar-refractivity contribution in [2.45, 2.75) is 57.7 Å². The Hall–Kier alpha value is -2.50. The van der Waals surface area contributed by atoms with Gasteiger partial charge in [-0.1, -0.05) is 12.1 Å². The van der Waals surface area contributed by atoms with Crippen molar-refractivity contribution in [2.24, 2.45) is 0 Å². The maximum atomic E-state index is 12.8. The van der Waals surface area contributed by atoms with Crippen LogP contribution >= 0.6 is 0 Å². The molecule has 4 rings (SSSR count). The van der Waals surface area contributed by atoms with E-state index in [1.54, 1.807) is 6.20 Å². The second kappa shape index (κ2) is 8.46. The first-order valence-corrected chi connectivity index (χ1v) is 10.1. The number of carbonyl (C=O) groups is 1. The van der Waals surface area contributed by atoms with Crippen LogP contribution in [0.15, 0.2) is 36.7 Å². The quantitative estimate of drug-likeness (QED) is 0.880. The molecule has 2 aromatic rings. The summed E-state index contributed by atoms with van der Waals surface area (Å²) < 4.78 is 7.61. The summed E-state index contributed by atoms with van der Waals surface area (Å²) >= 11 is 0. The van der Waals surface area contributed by atoms with Gasteiger partial charge in [0.2, 0.25) is 0 Å². The minimum atomic E-state index is 0.0501. The number of nitrogens with zero attached hydrogens (tertiary/aromatic N) is 3. The lowest BCUT2D eigenvalue weighted by molar-refractivity contribution is 0.143. The summed E-state index contributed by atoms with van der Waals surface area (Å²) in [4.78, 5) is 14.8. The maximum absolute atomic E-state index is 12.8. The zero-order chi connectivity index (χ0) is 18.5. The van der Waals surface area contributed by atoms with Crippen LogP contribution in [0.25, 0.3) is 0 Å². The number of hydrogen-bond donors (Lipinski definition) is 1. The molecule has 1 N–H and O–H groups in total. The number of rotatable bonds is 5. The van der Waals surface area contributed by atoms with Crippen molar-refractivity contribution >= 4 is 6.03 Å². The Kier molecular flexibility index (Phi) is 5.61. The smallest absolute Gasteiger partial charge is 0.317 e. The maximum Gasteiger partial charge on any atom is 0.317 e. The molecule has 0 aliphatic carbocycles. The summed E-state index contributed by atoms with van der Waals surface area (Å²) in [5.74, 6) is 0.992. The fourth-order valence-corrected chi connectivity index (χ4v) is 4.08. The van der Waals surface area contributed by atoms with Crippen molar-refractivity contribution < 1.29 is 9.53 Å². The molecule has 0 bridgehead atoms. The Balaban J connectivity index is 1.33. The first-order valence-electron chi connectivity index (χ1n) is 10.1. The van der Waals surface area contributed by atoms with Gasteiger partial charge in [0.1, 0.15) is 5.75 Å². The van der Waals surface area contributed by atoms with Gasteiger partial charge in [0.15, 0.2) is 0 Å². The summed E-state index contributed by atoms with van der Waals surface area (Å²) in [6, 6.07) is 8.53. The van der Waals surface area contributed by atoms with E-state index in [2.05, 4.69) is 22.5 Å². The second-order valence-corrected chi connectivity index (χ2v) is 7.45. The van der Waals surface area contributed by atoms with E-state index in [1.807, 2.05) is 27.9 Å². The largest absolute Gasteiger partial charge is 0.493 e. The predicted molar refractivity (Wildman–Crippen MR) is 104 cm³/mol. The molecule has 0 radical (unpaired) electrons. The van der Waals surface area contributed by atoms with Crippen molar-refractivity contribution in [1.29, 1.82) is 0 Å². The SMILES string of the molecule is O=C(NCc1ccc2c(c1)CCCO2)N1CCCC[C@H]1CCn1cccn1. The van der Waals surface area contributed by atoms with E-state index in [-0.39, 0.29) is 6.03 Å². The van der Waals surface area contributed by atoms with E-state index in [9.17, 15) is 4.79 Å². The van der Waals surface area contributed by atoms with Gasteiger partial charge in [-0.2, -0.15) is 5.10 Å². The molecule has 2 aliphatic heterocycles. The van der Waals surface area contributed by atoms with Crippen molar-refractivity contribution in [2.75, 3.05) is 13.2 Å². The van der Waals surface area contributed by atoms with Crippen molar-refractivity contribution in [3.05, 3.63) is 47.8 Å². The molecule has 2 amide bonds. The van der Waals surface area contributed by atoms with Gasteiger partial charge < -0.3 is 15.0 Å². The molecule has 1 fully saturated rings. The lowest BCUT2D eigenvalue weighted by Crippen LogP contribution is -2.48. The van der Waals surface area contributed by atoms with Crippen molar-refractivity contribution in [1.82, 2.24) is 20.0 Å². The highest BCUT2D eigenvalue weighted by atomic mass is 16.5. The highest BCUT2D eigenvalue weighted by Crippen LogP contribution is 2.25. The summed E-state index contributed by atoms with van der Waals surface area (Å²) in [5.41, 5.74) is 2.39. The van der Waals surface area contributed by atoms with E-state index in [0.29, 0.717) is 12.6 Å². The molecule has 6 heteroatoms. The molecule has 1 aromatic heterocycles. The number of piperidine rings is 1. The molecule has 2 aliphatic rings. The molecular weight excluding hydrogens is 340 g/mol. The zero-order valence-electron chi connectivity index (χ0n) is 15.8. The van der Waals surface area contributed by atoms with Gasteiger partial charge in [-0.25, -0.2) is 4.79 Å². The summed E-state index contributed by atoms with van der Waals surface area (Å²) in [6.07, 6.45) is 10.2. The normalized spacial score (nSPS) is 19.3. The molecule has 1 saturated heterocycles. The fraction of sp³-hybridized carbons (Fsp3) is 0.524. The van der Waals surface area contributed by atoms with Crippen molar-refractivity contribution in [3.63, 3.8) is 0 Å². The van der Waals surface area contributed by atoms with Gasteiger partial charge in [-0.15, -0.1) is 0 Å². The first kappa shape index (κ1) is 17.9. The number of amides is 2. The molecule has 27 heavy (non-hydrogen) atoms. The monoisotopic (exact) mass is 368 g/mol. The van der Waals surface area contributed by atoms with E-state index >= 15 is 0 Å². The number of likely N-dealkylation sites (tertiary alicyclic amines) is 1. The average molecular weight is 368 g/mol. The third-order valence-corrected chi connectivity index (χ3v) is 5.56. The van der Waals surface area contributed by atoms with Crippen LogP contribution in [0.1, 0.15) is 43.2 Å². The highest BCUT2D eigenvalue weighted by Gasteiger charge is 2.26. The topological polar surface area (TPSA) is 59.4 Å². The fourth-order valence-electron chi connectivity index (χ4n) is 4.08. The predicted octanol–water partition coefficient (Wildman–Crippen LogP) is 3.36. The van der Waals surface area contributed by atoms with Crippen LogP contribution in [-0.2, 0) is 19.5 Å². The number of aromatic nitrogens is 2. The van der Waals surface area contributed by atoms with Crippen LogP contribution in [0, 0.1) is 0 Å². The van der Waals surface area contributed by atoms with Gasteiger partial charge in [-0.3, -0.25) is 4.68 Å². The number of fused-ring (bicyclic) bond motifs is 1. The zero-order valence-corrected chi connectivity index (χ0v) is 15.8. The minimum Gasteiger partial charge on any atom is -0.493 e. The van der Waals surface area contributed by atoms with E-state index in [0.717, 1.165) is 63.1 Å². The molecule has 6 nitrogen and oxygen atoms in total. The summed E-state index contributed by atoms with van der Waals surface area (Å²) in [7, 11) is 0. The van der Waals surface area contributed by atoms with Gasteiger partial charge in [-0.05, 0) is 61.8 Å². The first-order chi connectivity index (χ1) is 13.3. The van der Waals surface area contributed by atoms with Gasteiger partial charge in [0.05, 0.1) is 6.61 Å². The molecule has 3 heterocycles. The van der Waals surface area contributed by atoms with Crippen molar-refractivity contribution in [3.8, 4) is 5.75 Å². The van der Waals surface area contributed by atoms with Crippen LogP contribution in [-0.4, -0.2) is 39.9 Å². The minimum absolute atomic E-state index is 0.0501. The molecule has 0 spiro atoms. The Bertz CT molecular complexity index is 760. The van der Waals surface area contributed by atoms with E-state index in [1.165, 1.54) is 12.0 Å². The van der Waals surface area contributed by atoms with Crippen LogP contribution in [0.3, 0.4) is 0 Å². The van der Waals surface area contributed by atoms with Crippen LogP contribution in [0.4, 0.5) is 4.79 Å². The van der Waals surface area contributed by atoms with Gasteiger partial charge >= 0.3 is 6.03 Å². The molecule has 144 valence electrons. The molecule has 1 aromatic carbocycles. The summed E-state index contributed by atoms with van der Waals surface area (Å²) in [5, 5.41) is 7.39. The number of urea groups is 1.